The topological polar surface area (TPSA) is 64.6 Å². The van der Waals surface area contributed by atoms with E-state index < -0.39 is 30.6 Å². The first-order chi connectivity index (χ1) is 12.2. The van der Waals surface area contributed by atoms with Crippen LogP contribution in [-0.4, -0.2) is 24.8 Å². The molecule has 0 aliphatic carbocycles. The second kappa shape index (κ2) is 7.90. The molecule has 0 bridgehead atoms. The van der Waals surface area contributed by atoms with Gasteiger partial charge in [0, 0.05) is 5.69 Å². The summed E-state index contributed by atoms with van der Waals surface area (Å²) < 4.78 is 44.8. The molecule has 1 amide bonds. The summed E-state index contributed by atoms with van der Waals surface area (Å²) in [5.74, 6) is -1.81. The quantitative estimate of drug-likeness (QED) is 0.812. The van der Waals surface area contributed by atoms with Crippen LogP contribution in [0.1, 0.15) is 21.5 Å². The molecule has 5 nitrogen and oxygen atoms in total. The van der Waals surface area contributed by atoms with Gasteiger partial charge in [0.1, 0.15) is 5.75 Å². The van der Waals surface area contributed by atoms with Crippen molar-refractivity contribution in [2.24, 2.45) is 0 Å². The number of hydrogen-bond acceptors (Lipinski definition) is 4. The number of benzene rings is 2. The summed E-state index contributed by atoms with van der Waals surface area (Å²) >= 11 is 0. The van der Waals surface area contributed by atoms with Gasteiger partial charge in [0.25, 0.3) is 5.91 Å². The number of amides is 1. The van der Waals surface area contributed by atoms with E-state index in [1.165, 1.54) is 0 Å². The number of esters is 1. The molecule has 26 heavy (non-hydrogen) atoms. The molecule has 0 saturated heterocycles. The SMILES string of the molecule is Cc1cccc(NC(=O)COC(=O)c2ccc(OC(F)(F)F)cc2)c1C. The molecular weight excluding hydrogens is 351 g/mol. The number of alkyl halides is 3. The molecule has 138 valence electrons. The highest BCUT2D eigenvalue weighted by molar-refractivity contribution is 5.96. The van der Waals surface area contributed by atoms with Crippen LogP contribution in [-0.2, 0) is 9.53 Å². The fourth-order valence-electron chi connectivity index (χ4n) is 2.08. The number of halogens is 3. The minimum absolute atomic E-state index is 0.000870. The molecule has 0 spiro atoms. The highest BCUT2D eigenvalue weighted by Gasteiger charge is 2.31. The molecule has 0 atom stereocenters. The van der Waals surface area contributed by atoms with Gasteiger partial charge < -0.3 is 14.8 Å². The first kappa shape index (κ1) is 19.3. The number of hydrogen-bond donors (Lipinski definition) is 1. The number of aryl methyl sites for hydroxylation is 1. The van der Waals surface area contributed by atoms with Gasteiger partial charge in [-0.05, 0) is 55.3 Å². The van der Waals surface area contributed by atoms with Crippen molar-refractivity contribution in [1.29, 1.82) is 0 Å². The first-order valence-electron chi connectivity index (χ1n) is 7.55. The van der Waals surface area contributed by atoms with Crippen molar-refractivity contribution in [3.8, 4) is 5.75 Å². The molecule has 0 radical (unpaired) electrons. The zero-order valence-electron chi connectivity index (χ0n) is 14.0. The fourth-order valence-corrected chi connectivity index (χ4v) is 2.08. The summed E-state index contributed by atoms with van der Waals surface area (Å²) in [6, 6.07) is 9.62. The predicted molar refractivity (Wildman–Crippen MR) is 88.0 cm³/mol. The van der Waals surface area contributed by atoms with Gasteiger partial charge in [-0.2, -0.15) is 0 Å². The van der Waals surface area contributed by atoms with Crippen LogP contribution in [0.25, 0.3) is 0 Å². The lowest BCUT2D eigenvalue weighted by atomic mass is 10.1. The molecular formula is C18H16F3NO4. The normalized spacial score (nSPS) is 11.0. The number of ether oxygens (including phenoxy) is 2. The van der Waals surface area contributed by atoms with E-state index in [2.05, 4.69) is 10.1 Å². The van der Waals surface area contributed by atoms with Crippen molar-refractivity contribution < 1.29 is 32.2 Å². The largest absolute Gasteiger partial charge is 0.573 e. The molecule has 2 aromatic carbocycles. The molecule has 2 aromatic rings. The van der Waals surface area contributed by atoms with Gasteiger partial charge in [-0.15, -0.1) is 13.2 Å². The lowest BCUT2D eigenvalue weighted by Gasteiger charge is -2.11. The Morgan fingerprint density at radius 3 is 2.31 bits per heavy atom. The zero-order valence-corrected chi connectivity index (χ0v) is 14.0. The van der Waals surface area contributed by atoms with E-state index in [-0.39, 0.29) is 5.56 Å². The molecule has 0 aromatic heterocycles. The molecule has 0 aliphatic heterocycles. The molecule has 0 fully saturated rings. The first-order valence-corrected chi connectivity index (χ1v) is 7.55. The summed E-state index contributed by atoms with van der Waals surface area (Å²) in [6.45, 7) is 3.23. The standard InChI is InChI=1S/C18H16F3NO4/c1-11-4-3-5-15(12(11)2)22-16(23)10-25-17(24)13-6-8-14(9-7-13)26-18(19,20)21/h3-9H,10H2,1-2H3,(H,22,23). The Hall–Kier alpha value is -3.03. The van der Waals surface area contributed by atoms with E-state index in [9.17, 15) is 22.8 Å². The Kier molecular flexibility index (Phi) is 5.86. The van der Waals surface area contributed by atoms with Crippen molar-refractivity contribution in [2.45, 2.75) is 20.2 Å². The van der Waals surface area contributed by atoms with Gasteiger partial charge in [0.2, 0.25) is 0 Å². The highest BCUT2D eigenvalue weighted by Crippen LogP contribution is 2.23. The van der Waals surface area contributed by atoms with E-state index in [1.54, 1.807) is 12.1 Å². The number of carbonyl (C=O) groups is 2. The summed E-state index contributed by atoms with van der Waals surface area (Å²) in [4.78, 5) is 23.7. The maximum atomic E-state index is 12.1. The van der Waals surface area contributed by atoms with Crippen molar-refractivity contribution in [2.75, 3.05) is 11.9 Å². The van der Waals surface area contributed by atoms with Gasteiger partial charge >= 0.3 is 12.3 Å². The van der Waals surface area contributed by atoms with Crippen LogP contribution in [0.5, 0.6) is 5.75 Å². The van der Waals surface area contributed by atoms with E-state index in [4.69, 9.17) is 4.74 Å². The van der Waals surface area contributed by atoms with Crippen LogP contribution in [0.2, 0.25) is 0 Å². The number of carbonyl (C=O) groups excluding carboxylic acids is 2. The second-order valence-corrected chi connectivity index (χ2v) is 5.44. The minimum Gasteiger partial charge on any atom is -0.452 e. The molecule has 8 heteroatoms. The monoisotopic (exact) mass is 367 g/mol. The van der Waals surface area contributed by atoms with Gasteiger partial charge in [-0.1, -0.05) is 12.1 Å². The Balaban J connectivity index is 1.89. The molecule has 0 heterocycles. The summed E-state index contributed by atoms with van der Waals surface area (Å²) in [5.41, 5.74) is 2.51. The van der Waals surface area contributed by atoms with Crippen LogP contribution in [0.15, 0.2) is 42.5 Å². The van der Waals surface area contributed by atoms with Crippen LogP contribution in [0.4, 0.5) is 18.9 Å². The number of rotatable bonds is 5. The fraction of sp³-hybridized carbons (Fsp3) is 0.222. The highest BCUT2D eigenvalue weighted by atomic mass is 19.4. The van der Waals surface area contributed by atoms with E-state index in [1.807, 2.05) is 19.9 Å². The van der Waals surface area contributed by atoms with Crippen molar-refractivity contribution >= 4 is 17.6 Å². The molecule has 0 aliphatic rings. The van der Waals surface area contributed by atoms with Crippen LogP contribution >= 0.6 is 0 Å². The third-order valence-corrected chi connectivity index (χ3v) is 3.54. The van der Waals surface area contributed by atoms with Crippen LogP contribution < -0.4 is 10.1 Å². The van der Waals surface area contributed by atoms with Gasteiger partial charge in [-0.3, -0.25) is 4.79 Å². The van der Waals surface area contributed by atoms with Crippen LogP contribution in [0.3, 0.4) is 0 Å². The van der Waals surface area contributed by atoms with Gasteiger partial charge in [-0.25, -0.2) is 4.79 Å². The average Bonchev–Trinajstić information content (AvgIpc) is 2.56. The summed E-state index contributed by atoms with van der Waals surface area (Å²) in [6.07, 6.45) is -4.81. The Labute approximate surface area is 147 Å². The predicted octanol–water partition coefficient (Wildman–Crippen LogP) is 4.00. The lowest BCUT2D eigenvalue weighted by molar-refractivity contribution is -0.274. The van der Waals surface area contributed by atoms with E-state index >= 15 is 0 Å². The maximum absolute atomic E-state index is 12.1. The van der Waals surface area contributed by atoms with Crippen LogP contribution in [0, 0.1) is 13.8 Å². The molecule has 0 saturated carbocycles. The van der Waals surface area contributed by atoms with Gasteiger partial charge in [0.05, 0.1) is 5.56 Å². The smallest absolute Gasteiger partial charge is 0.452 e. The van der Waals surface area contributed by atoms with Crippen molar-refractivity contribution in [3.63, 3.8) is 0 Å². The Bertz CT molecular complexity index is 801. The summed E-state index contributed by atoms with van der Waals surface area (Å²) in [5, 5.41) is 2.63. The molecule has 1 N–H and O–H groups in total. The lowest BCUT2D eigenvalue weighted by Crippen LogP contribution is -2.21. The third-order valence-electron chi connectivity index (χ3n) is 3.54. The zero-order chi connectivity index (χ0) is 19.3. The Morgan fingerprint density at radius 1 is 1.04 bits per heavy atom. The minimum atomic E-state index is -4.81. The molecule has 0 unspecified atom stereocenters. The number of anilines is 1. The number of nitrogens with one attached hydrogen (secondary N) is 1. The van der Waals surface area contributed by atoms with Crippen molar-refractivity contribution in [1.82, 2.24) is 0 Å². The van der Waals surface area contributed by atoms with E-state index in [0.29, 0.717) is 5.69 Å². The third kappa shape index (κ3) is 5.51. The second-order valence-electron chi connectivity index (χ2n) is 5.44. The molecule has 2 rings (SSSR count). The Morgan fingerprint density at radius 2 is 1.69 bits per heavy atom. The van der Waals surface area contributed by atoms with Crippen molar-refractivity contribution in [3.05, 3.63) is 59.2 Å². The maximum Gasteiger partial charge on any atom is 0.573 e. The average molecular weight is 367 g/mol. The summed E-state index contributed by atoms with van der Waals surface area (Å²) in [7, 11) is 0. The van der Waals surface area contributed by atoms with Gasteiger partial charge in [0.15, 0.2) is 6.61 Å². The van der Waals surface area contributed by atoms with E-state index in [0.717, 1.165) is 35.4 Å².